The highest BCUT2D eigenvalue weighted by Crippen LogP contribution is 2.29. The molecule has 15 heavy (non-hydrogen) atoms. The van der Waals surface area contributed by atoms with Crippen molar-refractivity contribution in [3.63, 3.8) is 0 Å². The second-order valence-corrected chi connectivity index (χ2v) is 3.84. The Labute approximate surface area is 98.4 Å². The lowest BCUT2D eigenvalue weighted by molar-refractivity contribution is 0.0696. The number of carbonyl (C=O) groups is 1. The third-order valence-electron chi connectivity index (χ3n) is 1.74. The number of carboxylic acids is 1. The van der Waals surface area contributed by atoms with Crippen molar-refractivity contribution in [3.8, 4) is 5.75 Å². The van der Waals surface area contributed by atoms with E-state index in [9.17, 15) is 4.79 Å². The van der Waals surface area contributed by atoms with E-state index in [0.717, 1.165) is 6.42 Å². The molecule has 1 aromatic rings. The first kappa shape index (κ1) is 12.2. The zero-order valence-corrected chi connectivity index (χ0v) is 9.81. The highest BCUT2D eigenvalue weighted by Gasteiger charge is 2.12. The first-order chi connectivity index (χ1) is 7.06. The van der Waals surface area contributed by atoms with E-state index in [1.165, 1.54) is 12.1 Å². The number of aromatic carboxylic acids is 1. The van der Waals surface area contributed by atoms with Gasteiger partial charge in [-0.15, -0.1) is 12.6 Å². The summed E-state index contributed by atoms with van der Waals surface area (Å²) in [5, 5.41) is 9.00. The molecule has 0 fully saturated rings. The van der Waals surface area contributed by atoms with Crippen LogP contribution in [0.5, 0.6) is 5.75 Å². The summed E-state index contributed by atoms with van der Waals surface area (Å²) >= 11 is 9.90. The standard InChI is InChI=1S/C10H11ClO3S/c1-2-3-14-8-4-6(10(12)13)7(11)5-9(8)15/h4-5,15H,2-3H2,1H3,(H,12,13). The summed E-state index contributed by atoms with van der Waals surface area (Å²) in [5.74, 6) is -0.628. The fourth-order valence-electron chi connectivity index (χ4n) is 1.03. The predicted octanol–water partition coefficient (Wildman–Crippen LogP) is 3.12. The maximum atomic E-state index is 10.8. The molecule has 0 unspecified atom stereocenters. The third-order valence-corrected chi connectivity index (χ3v) is 2.40. The van der Waals surface area contributed by atoms with Gasteiger partial charge in [-0.1, -0.05) is 18.5 Å². The smallest absolute Gasteiger partial charge is 0.337 e. The highest BCUT2D eigenvalue weighted by molar-refractivity contribution is 7.80. The van der Waals surface area contributed by atoms with E-state index < -0.39 is 5.97 Å². The number of carboxylic acid groups (broad SMARTS) is 1. The minimum atomic E-state index is -1.07. The average molecular weight is 247 g/mol. The van der Waals surface area contributed by atoms with Crippen LogP contribution < -0.4 is 4.74 Å². The van der Waals surface area contributed by atoms with Crippen molar-refractivity contribution in [2.45, 2.75) is 18.2 Å². The largest absolute Gasteiger partial charge is 0.492 e. The zero-order valence-electron chi connectivity index (χ0n) is 8.16. The molecule has 0 aromatic heterocycles. The molecule has 0 aliphatic carbocycles. The highest BCUT2D eigenvalue weighted by atomic mass is 35.5. The van der Waals surface area contributed by atoms with Crippen molar-refractivity contribution < 1.29 is 14.6 Å². The van der Waals surface area contributed by atoms with E-state index in [1.807, 2.05) is 6.92 Å². The summed E-state index contributed by atoms with van der Waals surface area (Å²) in [6.45, 7) is 2.49. The Morgan fingerprint density at radius 3 is 2.80 bits per heavy atom. The first-order valence-electron chi connectivity index (χ1n) is 4.44. The van der Waals surface area contributed by atoms with E-state index in [4.69, 9.17) is 21.4 Å². The van der Waals surface area contributed by atoms with E-state index in [0.29, 0.717) is 17.3 Å². The quantitative estimate of drug-likeness (QED) is 0.803. The van der Waals surface area contributed by atoms with Crippen molar-refractivity contribution in [1.29, 1.82) is 0 Å². The van der Waals surface area contributed by atoms with Crippen LogP contribution in [0.2, 0.25) is 5.02 Å². The van der Waals surface area contributed by atoms with Gasteiger partial charge in [-0.2, -0.15) is 0 Å². The van der Waals surface area contributed by atoms with Gasteiger partial charge in [0.2, 0.25) is 0 Å². The second-order valence-electron chi connectivity index (χ2n) is 2.95. The van der Waals surface area contributed by atoms with Crippen molar-refractivity contribution in [2.75, 3.05) is 6.61 Å². The second kappa shape index (κ2) is 5.28. The number of hydrogen-bond donors (Lipinski definition) is 2. The maximum Gasteiger partial charge on any atom is 0.337 e. The molecule has 0 atom stereocenters. The number of ether oxygens (including phenoxy) is 1. The molecule has 1 N–H and O–H groups in total. The SMILES string of the molecule is CCCOc1cc(C(=O)O)c(Cl)cc1S. The Morgan fingerprint density at radius 2 is 2.27 bits per heavy atom. The van der Waals surface area contributed by atoms with Crippen LogP contribution in [-0.4, -0.2) is 17.7 Å². The van der Waals surface area contributed by atoms with Gasteiger partial charge in [0.25, 0.3) is 0 Å². The molecule has 0 bridgehead atoms. The van der Waals surface area contributed by atoms with Gasteiger partial charge in [0, 0.05) is 4.90 Å². The van der Waals surface area contributed by atoms with Gasteiger partial charge in [-0.3, -0.25) is 0 Å². The van der Waals surface area contributed by atoms with Gasteiger partial charge in [0.15, 0.2) is 0 Å². The van der Waals surface area contributed by atoms with Crippen LogP contribution in [-0.2, 0) is 0 Å². The van der Waals surface area contributed by atoms with E-state index >= 15 is 0 Å². The van der Waals surface area contributed by atoms with Crippen LogP contribution in [0.15, 0.2) is 17.0 Å². The Morgan fingerprint density at radius 1 is 1.60 bits per heavy atom. The van der Waals surface area contributed by atoms with E-state index in [2.05, 4.69) is 12.6 Å². The summed E-state index contributed by atoms with van der Waals surface area (Å²) in [6.07, 6.45) is 0.845. The fourth-order valence-corrected chi connectivity index (χ4v) is 1.61. The average Bonchev–Trinajstić information content (AvgIpc) is 2.16. The van der Waals surface area contributed by atoms with Crippen LogP contribution in [0.4, 0.5) is 0 Å². The summed E-state index contributed by atoms with van der Waals surface area (Å²) < 4.78 is 5.33. The molecule has 0 aliphatic rings. The van der Waals surface area contributed by atoms with Gasteiger partial charge >= 0.3 is 5.97 Å². The van der Waals surface area contributed by atoms with Crippen LogP contribution in [0.25, 0.3) is 0 Å². The van der Waals surface area contributed by atoms with Crippen LogP contribution in [0.1, 0.15) is 23.7 Å². The van der Waals surface area contributed by atoms with Crippen molar-refractivity contribution >= 4 is 30.2 Å². The van der Waals surface area contributed by atoms with Gasteiger partial charge in [0.05, 0.1) is 17.2 Å². The van der Waals surface area contributed by atoms with Crippen molar-refractivity contribution in [2.24, 2.45) is 0 Å². The molecule has 0 spiro atoms. The lowest BCUT2D eigenvalue weighted by atomic mass is 10.2. The molecular formula is C10H11ClO3S. The third kappa shape index (κ3) is 3.04. The Hall–Kier alpha value is -0.870. The molecule has 1 aromatic carbocycles. The summed E-state index contributed by atoms with van der Waals surface area (Å²) in [5.41, 5.74) is 0.0283. The minimum absolute atomic E-state index is 0.0283. The lowest BCUT2D eigenvalue weighted by Crippen LogP contribution is -2.01. The number of benzene rings is 1. The zero-order chi connectivity index (χ0) is 11.4. The number of rotatable bonds is 4. The van der Waals surface area contributed by atoms with Gasteiger partial charge in [-0.05, 0) is 18.6 Å². The molecule has 0 amide bonds. The molecule has 3 nitrogen and oxygen atoms in total. The number of halogens is 1. The Balaban J connectivity index is 3.06. The van der Waals surface area contributed by atoms with Crippen LogP contribution in [0.3, 0.4) is 0 Å². The Bertz CT molecular complexity index is 379. The van der Waals surface area contributed by atoms with Gasteiger partial charge in [-0.25, -0.2) is 4.79 Å². The van der Waals surface area contributed by atoms with E-state index in [-0.39, 0.29) is 10.6 Å². The summed E-state index contributed by atoms with van der Waals surface area (Å²) in [6, 6.07) is 2.86. The number of hydrogen-bond acceptors (Lipinski definition) is 3. The summed E-state index contributed by atoms with van der Waals surface area (Å²) in [4.78, 5) is 11.3. The monoisotopic (exact) mass is 246 g/mol. The van der Waals surface area contributed by atoms with Crippen molar-refractivity contribution in [1.82, 2.24) is 0 Å². The molecule has 0 saturated heterocycles. The van der Waals surface area contributed by atoms with Gasteiger partial charge in [0.1, 0.15) is 5.75 Å². The fraction of sp³-hybridized carbons (Fsp3) is 0.300. The molecule has 0 heterocycles. The molecule has 0 aliphatic heterocycles. The van der Waals surface area contributed by atoms with Crippen LogP contribution >= 0.6 is 24.2 Å². The lowest BCUT2D eigenvalue weighted by Gasteiger charge is -2.09. The predicted molar refractivity (Wildman–Crippen MR) is 61.4 cm³/mol. The minimum Gasteiger partial charge on any atom is -0.492 e. The topological polar surface area (TPSA) is 46.5 Å². The molecule has 1 rings (SSSR count). The summed E-state index contributed by atoms with van der Waals surface area (Å²) in [7, 11) is 0. The molecule has 0 saturated carbocycles. The molecule has 0 radical (unpaired) electrons. The van der Waals surface area contributed by atoms with Gasteiger partial charge < -0.3 is 9.84 Å². The normalized spacial score (nSPS) is 10.1. The van der Waals surface area contributed by atoms with E-state index in [1.54, 1.807) is 0 Å². The Kier molecular flexibility index (Phi) is 4.29. The van der Waals surface area contributed by atoms with Crippen LogP contribution in [0, 0.1) is 0 Å². The molecule has 82 valence electrons. The first-order valence-corrected chi connectivity index (χ1v) is 5.27. The van der Waals surface area contributed by atoms with Crippen molar-refractivity contribution in [3.05, 3.63) is 22.7 Å². The molecule has 5 heteroatoms. The molecular weight excluding hydrogens is 236 g/mol. The maximum absolute atomic E-state index is 10.8. The number of thiol groups is 1.